The maximum atomic E-state index is 10.7. The monoisotopic (exact) mass is 419 g/mol. The number of hydrogen-bond acceptors (Lipinski definition) is 4. The van der Waals surface area contributed by atoms with Crippen molar-refractivity contribution in [2.24, 2.45) is 0 Å². The molecule has 0 spiro atoms. The topological polar surface area (TPSA) is 113 Å². The van der Waals surface area contributed by atoms with Crippen LogP contribution in [0.4, 0.5) is 4.79 Å². The van der Waals surface area contributed by atoms with Crippen LogP contribution in [-0.4, -0.2) is 40.9 Å². The Kier molecular flexibility index (Phi) is 14.7. The minimum absolute atomic E-state index is 0. The molecule has 0 heterocycles. The van der Waals surface area contributed by atoms with Gasteiger partial charge in [0.25, 0.3) is 0 Å². The van der Waals surface area contributed by atoms with E-state index in [0.29, 0.717) is 0 Å². The summed E-state index contributed by atoms with van der Waals surface area (Å²) < 4.78 is 4.40. The van der Waals surface area contributed by atoms with Gasteiger partial charge >= 0.3 is 18.0 Å². The fourth-order valence-electron chi connectivity index (χ4n) is 0.690. The zero-order valence-electron chi connectivity index (χ0n) is 8.12. The smallest absolute Gasteiger partial charge is 0.407 e. The molecule has 0 rings (SSSR count). The van der Waals surface area contributed by atoms with Crippen molar-refractivity contribution < 1.29 is 74.1 Å². The van der Waals surface area contributed by atoms with Gasteiger partial charge in [0.2, 0.25) is 0 Å². The zero-order chi connectivity index (χ0) is 11.1. The van der Waals surface area contributed by atoms with Crippen LogP contribution >= 0.6 is 0 Å². The molecule has 1 atom stereocenters. The van der Waals surface area contributed by atoms with E-state index in [1.54, 1.807) is 6.92 Å². The number of nitrogens with one attached hydrogen (secondary N) is 1. The van der Waals surface area contributed by atoms with Crippen molar-refractivity contribution in [2.75, 3.05) is 6.61 Å². The quantitative estimate of drug-likeness (QED) is 0.524. The van der Waals surface area contributed by atoms with Crippen molar-refractivity contribution in [3.8, 4) is 0 Å². The van der Waals surface area contributed by atoms with Gasteiger partial charge in [-0.25, -0.2) is 9.59 Å². The van der Waals surface area contributed by atoms with Crippen molar-refractivity contribution in [2.45, 2.75) is 19.4 Å². The van der Waals surface area contributed by atoms with Crippen LogP contribution in [0.25, 0.3) is 0 Å². The SMILES string of the molecule is CCOC(=O)NC(CC(=O)O)C(=O)O.[Ag].[Ag]. The Bertz CT molecular complexity index is 247. The van der Waals surface area contributed by atoms with E-state index in [9.17, 15) is 14.4 Å². The molecular formula is C7H11Ag2NO6. The van der Waals surface area contributed by atoms with Crippen LogP contribution in [0.15, 0.2) is 0 Å². The van der Waals surface area contributed by atoms with Crippen LogP contribution in [0.2, 0.25) is 0 Å². The third-order valence-corrected chi connectivity index (χ3v) is 1.24. The standard InChI is InChI=1S/C7H11NO6.2Ag/c1-2-14-7(13)8-4(6(11)12)3-5(9)10;;/h4H,2-3H2,1H3,(H,8,13)(H,9,10)(H,11,12);;. The van der Waals surface area contributed by atoms with Crippen molar-refractivity contribution in [3.05, 3.63) is 0 Å². The fraction of sp³-hybridized carbons (Fsp3) is 0.571. The number of carboxylic acid groups (broad SMARTS) is 2. The van der Waals surface area contributed by atoms with E-state index in [0.717, 1.165) is 0 Å². The number of carboxylic acids is 2. The largest absolute Gasteiger partial charge is 0.481 e. The third kappa shape index (κ3) is 10.2. The Morgan fingerprint density at radius 3 is 2.06 bits per heavy atom. The second kappa shape index (κ2) is 11.2. The number of amides is 1. The number of carbonyl (C=O) groups is 3. The summed E-state index contributed by atoms with van der Waals surface area (Å²) in [5, 5.41) is 18.7. The molecule has 16 heavy (non-hydrogen) atoms. The summed E-state index contributed by atoms with van der Waals surface area (Å²) in [6, 6.07) is -1.47. The molecule has 0 aromatic rings. The zero-order valence-corrected chi connectivity index (χ0v) is 11.1. The van der Waals surface area contributed by atoms with E-state index in [-0.39, 0.29) is 51.4 Å². The van der Waals surface area contributed by atoms with Crippen molar-refractivity contribution in [1.82, 2.24) is 5.32 Å². The number of rotatable bonds is 5. The normalized spacial score (nSPS) is 10.1. The molecule has 0 saturated carbocycles. The summed E-state index contributed by atoms with van der Waals surface area (Å²) in [4.78, 5) is 31.4. The number of aliphatic carboxylic acids is 2. The summed E-state index contributed by atoms with van der Waals surface area (Å²) in [7, 11) is 0. The minimum atomic E-state index is -1.47. The van der Waals surface area contributed by atoms with Gasteiger partial charge in [0.05, 0.1) is 13.0 Å². The van der Waals surface area contributed by atoms with Gasteiger partial charge in [-0.1, -0.05) is 0 Å². The van der Waals surface area contributed by atoms with Crippen molar-refractivity contribution >= 4 is 18.0 Å². The number of alkyl carbamates (subject to hydrolysis) is 1. The summed E-state index contributed by atoms with van der Waals surface area (Å²) in [5.74, 6) is -2.73. The third-order valence-electron chi connectivity index (χ3n) is 1.24. The van der Waals surface area contributed by atoms with Gasteiger partial charge in [0.1, 0.15) is 6.04 Å². The van der Waals surface area contributed by atoms with Crippen LogP contribution in [0, 0.1) is 0 Å². The van der Waals surface area contributed by atoms with Crippen LogP contribution in [-0.2, 0) is 59.1 Å². The molecule has 9 heteroatoms. The maximum Gasteiger partial charge on any atom is 0.407 e. The van der Waals surface area contributed by atoms with Crippen molar-refractivity contribution in [3.63, 3.8) is 0 Å². The first kappa shape index (κ1) is 21.0. The minimum Gasteiger partial charge on any atom is -0.481 e. The average Bonchev–Trinajstić information content (AvgIpc) is 2.02. The van der Waals surface area contributed by atoms with Gasteiger partial charge in [-0.2, -0.15) is 0 Å². The Labute approximate surface area is 123 Å². The molecule has 0 aromatic heterocycles. The van der Waals surface area contributed by atoms with Crippen molar-refractivity contribution in [1.29, 1.82) is 0 Å². The van der Waals surface area contributed by atoms with E-state index in [2.05, 4.69) is 4.74 Å². The molecular weight excluding hydrogens is 410 g/mol. The van der Waals surface area contributed by atoms with E-state index in [1.807, 2.05) is 5.32 Å². The Morgan fingerprint density at radius 1 is 1.25 bits per heavy atom. The fourth-order valence-corrected chi connectivity index (χ4v) is 0.690. The summed E-state index contributed by atoms with van der Waals surface area (Å²) in [6.07, 6.45) is -1.63. The van der Waals surface area contributed by atoms with Gasteiger partial charge in [-0.05, 0) is 6.92 Å². The van der Waals surface area contributed by atoms with Crippen LogP contribution < -0.4 is 5.32 Å². The average molecular weight is 421 g/mol. The van der Waals surface area contributed by atoms with Gasteiger partial charge in [0.15, 0.2) is 0 Å². The molecule has 0 aliphatic rings. The maximum absolute atomic E-state index is 10.7. The molecule has 0 fully saturated rings. The first-order valence-electron chi connectivity index (χ1n) is 3.85. The number of hydrogen-bond donors (Lipinski definition) is 3. The Hall–Kier alpha value is -0.309. The summed E-state index contributed by atoms with van der Waals surface area (Å²) in [5.41, 5.74) is 0. The molecule has 0 bridgehead atoms. The Balaban J connectivity index is -0.000000845. The van der Waals surface area contributed by atoms with E-state index >= 15 is 0 Å². The van der Waals surface area contributed by atoms with Gasteiger partial charge in [0, 0.05) is 44.8 Å². The predicted molar refractivity (Wildman–Crippen MR) is 43.8 cm³/mol. The van der Waals surface area contributed by atoms with Gasteiger partial charge in [-0.15, -0.1) is 0 Å². The molecule has 7 nitrogen and oxygen atoms in total. The molecule has 1 unspecified atom stereocenters. The molecule has 0 aromatic carbocycles. The van der Waals surface area contributed by atoms with E-state index < -0.39 is 30.5 Å². The molecule has 102 valence electrons. The molecule has 0 aliphatic heterocycles. The number of ether oxygens (including phenoxy) is 1. The molecule has 2 radical (unpaired) electrons. The van der Waals surface area contributed by atoms with Gasteiger partial charge in [-0.3, -0.25) is 4.79 Å². The van der Waals surface area contributed by atoms with Gasteiger partial charge < -0.3 is 20.3 Å². The molecule has 1 amide bonds. The van der Waals surface area contributed by atoms with E-state index in [1.165, 1.54) is 0 Å². The van der Waals surface area contributed by atoms with Crippen LogP contribution in [0.5, 0.6) is 0 Å². The molecule has 3 N–H and O–H groups in total. The first-order chi connectivity index (χ1) is 6.47. The Morgan fingerprint density at radius 2 is 1.75 bits per heavy atom. The van der Waals surface area contributed by atoms with Crippen LogP contribution in [0.3, 0.4) is 0 Å². The van der Waals surface area contributed by atoms with Crippen LogP contribution in [0.1, 0.15) is 13.3 Å². The second-order valence-corrected chi connectivity index (χ2v) is 2.35. The summed E-state index contributed by atoms with van der Waals surface area (Å²) >= 11 is 0. The molecule has 0 aliphatic carbocycles. The summed E-state index contributed by atoms with van der Waals surface area (Å²) in [6.45, 7) is 1.64. The molecule has 0 saturated heterocycles. The second-order valence-electron chi connectivity index (χ2n) is 2.35. The number of carbonyl (C=O) groups excluding carboxylic acids is 1. The predicted octanol–water partition coefficient (Wildman–Crippen LogP) is -0.345. The first-order valence-corrected chi connectivity index (χ1v) is 3.85. The van der Waals surface area contributed by atoms with E-state index in [4.69, 9.17) is 10.2 Å².